The molecule has 1 fully saturated rings. The number of methoxy groups -OCH3 is 2. The van der Waals surface area contributed by atoms with Crippen LogP contribution in [0.4, 0.5) is 0 Å². The molecule has 7 heteroatoms. The van der Waals surface area contributed by atoms with Crippen LogP contribution in [0.2, 0.25) is 0 Å². The first kappa shape index (κ1) is 22.9. The third-order valence-corrected chi connectivity index (χ3v) is 6.63. The van der Waals surface area contributed by atoms with Gasteiger partial charge in [0.1, 0.15) is 17.2 Å². The zero-order chi connectivity index (χ0) is 23.5. The Balaban J connectivity index is 1.72. The summed E-state index contributed by atoms with van der Waals surface area (Å²) in [6.07, 6.45) is 1.89. The molecule has 0 bridgehead atoms. The lowest BCUT2D eigenvalue weighted by Crippen LogP contribution is -2.43. The third kappa shape index (κ3) is 4.46. The Morgan fingerprint density at radius 2 is 1.61 bits per heavy atom. The van der Waals surface area contributed by atoms with Crippen molar-refractivity contribution in [3.63, 3.8) is 0 Å². The number of piperidine rings is 1. The number of ether oxygens (including phenoxy) is 2. The first-order valence-electron chi connectivity index (χ1n) is 11.2. The van der Waals surface area contributed by atoms with Crippen LogP contribution in [0, 0.1) is 0 Å². The number of hydrogen-bond acceptors (Lipinski definition) is 6. The number of benzene rings is 2. The van der Waals surface area contributed by atoms with Crippen LogP contribution in [0.25, 0.3) is 5.57 Å². The van der Waals surface area contributed by atoms with Gasteiger partial charge in [-0.3, -0.25) is 14.5 Å². The molecule has 2 aliphatic rings. The lowest BCUT2D eigenvalue weighted by atomic mass is 10.00. The Bertz CT molecular complexity index is 1060. The maximum Gasteiger partial charge on any atom is 0.278 e. The zero-order valence-corrected chi connectivity index (χ0v) is 19.7. The van der Waals surface area contributed by atoms with Crippen LogP contribution in [0.1, 0.15) is 24.0 Å². The van der Waals surface area contributed by atoms with Gasteiger partial charge in [0.05, 0.1) is 26.3 Å². The summed E-state index contributed by atoms with van der Waals surface area (Å²) in [6, 6.07) is 15.0. The van der Waals surface area contributed by atoms with E-state index in [9.17, 15) is 9.59 Å². The van der Waals surface area contributed by atoms with Gasteiger partial charge in [0.2, 0.25) is 0 Å². The van der Waals surface area contributed by atoms with Gasteiger partial charge in [-0.2, -0.15) is 0 Å². The lowest BCUT2D eigenvalue weighted by Gasteiger charge is -2.36. The summed E-state index contributed by atoms with van der Waals surface area (Å²) >= 11 is 0. The van der Waals surface area contributed by atoms with E-state index in [1.54, 1.807) is 14.2 Å². The van der Waals surface area contributed by atoms with Crippen molar-refractivity contribution in [1.82, 2.24) is 14.7 Å². The Labute approximate surface area is 195 Å². The maximum absolute atomic E-state index is 13.7. The number of likely N-dealkylation sites (N-methyl/N-ethyl adjacent to an activating group) is 1. The molecule has 33 heavy (non-hydrogen) atoms. The number of carbonyl (C=O) groups excluding carboxylic acids is 2. The van der Waals surface area contributed by atoms with Gasteiger partial charge in [-0.1, -0.05) is 30.3 Å². The summed E-state index contributed by atoms with van der Waals surface area (Å²) in [4.78, 5) is 33.0. The lowest BCUT2D eigenvalue weighted by molar-refractivity contribution is -0.138. The number of hydrogen-bond donors (Lipinski definition) is 0. The fourth-order valence-electron chi connectivity index (χ4n) is 4.62. The van der Waals surface area contributed by atoms with E-state index in [2.05, 4.69) is 11.9 Å². The van der Waals surface area contributed by atoms with Gasteiger partial charge in [-0.15, -0.1) is 0 Å². The molecular formula is C26H31N3O4. The second-order valence-electron chi connectivity index (χ2n) is 8.61. The molecular weight excluding hydrogens is 418 g/mol. The molecule has 2 aromatic rings. The summed E-state index contributed by atoms with van der Waals surface area (Å²) in [6.45, 7) is 2.09. The minimum absolute atomic E-state index is 0.159. The van der Waals surface area contributed by atoms with Crippen LogP contribution in [0.5, 0.6) is 11.5 Å². The Morgan fingerprint density at radius 3 is 2.24 bits per heavy atom. The highest BCUT2D eigenvalue weighted by atomic mass is 16.5. The van der Waals surface area contributed by atoms with Crippen LogP contribution in [-0.4, -0.2) is 74.0 Å². The number of carbonyl (C=O) groups is 2. The monoisotopic (exact) mass is 449 g/mol. The molecule has 7 nitrogen and oxygen atoms in total. The van der Waals surface area contributed by atoms with Crippen LogP contribution in [0.15, 0.2) is 54.2 Å². The van der Waals surface area contributed by atoms with Crippen molar-refractivity contribution >= 4 is 17.4 Å². The molecule has 2 amide bonds. The molecule has 0 aliphatic carbocycles. The summed E-state index contributed by atoms with van der Waals surface area (Å²) in [5.41, 5.74) is 2.42. The van der Waals surface area contributed by atoms with Crippen molar-refractivity contribution in [3.8, 4) is 11.5 Å². The van der Waals surface area contributed by atoms with Crippen molar-refractivity contribution in [1.29, 1.82) is 0 Å². The van der Waals surface area contributed by atoms with Gasteiger partial charge in [0, 0.05) is 18.7 Å². The summed E-state index contributed by atoms with van der Waals surface area (Å²) in [7, 11) is 7.24. The minimum atomic E-state index is -0.286. The average Bonchev–Trinajstić information content (AvgIpc) is 3.09. The average molecular weight is 450 g/mol. The fraction of sp³-hybridized carbons (Fsp3) is 0.385. The Hall–Kier alpha value is -3.32. The normalized spacial score (nSPS) is 17.6. The molecule has 2 heterocycles. The molecule has 174 valence electrons. The van der Waals surface area contributed by atoms with E-state index in [1.165, 1.54) is 4.90 Å². The molecule has 2 aliphatic heterocycles. The third-order valence-electron chi connectivity index (χ3n) is 6.63. The minimum Gasteiger partial charge on any atom is -0.497 e. The van der Waals surface area contributed by atoms with Gasteiger partial charge in [-0.05, 0) is 56.7 Å². The molecule has 0 aromatic heterocycles. The summed E-state index contributed by atoms with van der Waals surface area (Å²) in [5.74, 6) is 0.803. The predicted molar refractivity (Wildman–Crippen MR) is 127 cm³/mol. The van der Waals surface area contributed by atoms with Gasteiger partial charge in [-0.25, -0.2) is 0 Å². The van der Waals surface area contributed by atoms with E-state index < -0.39 is 0 Å². The van der Waals surface area contributed by atoms with Gasteiger partial charge < -0.3 is 19.3 Å². The second kappa shape index (κ2) is 9.67. The topological polar surface area (TPSA) is 62.3 Å². The van der Waals surface area contributed by atoms with Crippen LogP contribution < -0.4 is 9.47 Å². The largest absolute Gasteiger partial charge is 0.497 e. The van der Waals surface area contributed by atoms with E-state index in [-0.39, 0.29) is 24.4 Å². The highest BCUT2D eigenvalue weighted by molar-refractivity contribution is 6.35. The number of nitrogens with zero attached hydrogens (tertiary/aromatic N) is 3. The Kier molecular flexibility index (Phi) is 6.70. The predicted octanol–water partition coefficient (Wildman–Crippen LogP) is 3.01. The van der Waals surface area contributed by atoms with E-state index in [0.29, 0.717) is 28.3 Å². The van der Waals surface area contributed by atoms with Crippen molar-refractivity contribution in [2.75, 3.05) is 41.4 Å². The van der Waals surface area contributed by atoms with Crippen LogP contribution in [0.3, 0.4) is 0 Å². The number of imide groups is 1. The van der Waals surface area contributed by atoms with Gasteiger partial charge in [0.15, 0.2) is 0 Å². The molecule has 0 unspecified atom stereocenters. The molecule has 0 atom stereocenters. The van der Waals surface area contributed by atoms with E-state index in [1.807, 2.05) is 60.5 Å². The van der Waals surface area contributed by atoms with Crippen LogP contribution >= 0.6 is 0 Å². The number of para-hydroxylation sites is 1. The smallest absolute Gasteiger partial charge is 0.278 e. The van der Waals surface area contributed by atoms with Crippen molar-refractivity contribution in [3.05, 3.63) is 65.4 Å². The van der Waals surface area contributed by atoms with Gasteiger partial charge in [0.25, 0.3) is 11.8 Å². The Morgan fingerprint density at radius 1 is 0.939 bits per heavy atom. The molecule has 0 spiro atoms. The zero-order valence-electron chi connectivity index (χ0n) is 19.7. The molecule has 1 saturated heterocycles. The summed E-state index contributed by atoms with van der Waals surface area (Å²) in [5, 5.41) is 0. The number of likely N-dealkylation sites (tertiary alicyclic amines) is 1. The number of amides is 2. The van der Waals surface area contributed by atoms with Crippen molar-refractivity contribution in [2.24, 2.45) is 0 Å². The van der Waals surface area contributed by atoms with Crippen molar-refractivity contribution in [2.45, 2.75) is 25.4 Å². The number of rotatable bonds is 7. The van der Waals surface area contributed by atoms with E-state index in [0.717, 1.165) is 31.5 Å². The fourth-order valence-corrected chi connectivity index (χ4v) is 4.62. The van der Waals surface area contributed by atoms with E-state index in [4.69, 9.17) is 9.47 Å². The molecule has 2 aromatic carbocycles. The van der Waals surface area contributed by atoms with Gasteiger partial charge >= 0.3 is 0 Å². The summed E-state index contributed by atoms with van der Waals surface area (Å²) < 4.78 is 10.7. The quantitative estimate of drug-likeness (QED) is 0.606. The highest BCUT2D eigenvalue weighted by Gasteiger charge is 2.42. The standard InChI is InChI=1S/C26H31N3O4/c1-27-15-13-20(14-16-27)28(2)24-23(18-9-11-21(32-3)12-10-18)25(30)29(26(24)31)17-19-7-5-6-8-22(19)33-4/h5-12,20H,13-17H2,1-4H3. The molecule has 4 rings (SSSR count). The second-order valence-corrected chi connectivity index (χ2v) is 8.61. The first-order chi connectivity index (χ1) is 15.9. The SMILES string of the molecule is COc1ccc(C2=C(N(C)C3CCN(C)CC3)C(=O)N(Cc3ccccc3OC)C2=O)cc1. The molecule has 0 saturated carbocycles. The first-order valence-corrected chi connectivity index (χ1v) is 11.2. The molecule has 0 radical (unpaired) electrons. The highest BCUT2D eigenvalue weighted by Crippen LogP contribution is 2.35. The van der Waals surface area contributed by atoms with E-state index >= 15 is 0 Å². The maximum atomic E-state index is 13.7. The van der Waals surface area contributed by atoms with Crippen molar-refractivity contribution < 1.29 is 19.1 Å². The van der Waals surface area contributed by atoms with Crippen LogP contribution in [-0.2, 0) is 16.1 Å². The molecule has 0 N–H and O–H groups in total.